The van der Waals surface area contributed by atoms with E-state index in [9.17, 15) is 4.79 Å². The standard InChI is InChI=1S/C22H35N3O2/c1-16(19-8-6-10-23-12-19)11-22(26)24-21-9-5-4-7-20(21)15-25-13-17(2)27-18(3)14-25/h4-5,7,9,16-19,23H,6,8,10-15H2,1-3H3,(H,24,26). The molecule has 2 fully saturated rings. The molecule has 1 aromatic rings. The lowest BCUT2D eigenvalue weighted by molar-refractivity contribution is -0.117. The molecule has 3 rings (SSSR count). The van der Waals surface area contributed by atoms with Gasteiger partial charge in [-0.05, 0) is 63.2 Å². The molecule has 2 N–H and O–H groups in total. The predicted octanol–water partition coefficient (Wildman–Crippen LogP) is 3.26. The molecular weight excluding hydrogens is 338 g/mol. The second kappa shape index (κ2) is 9.67. The lowest BCUT2D eigenvalue weighted by Crippen LogP contribution is -2.44. The van der Waals surface area contributed by atoms with Gasteiger partial charge in [-0.15, -0.1) is 0 Å². The highest BCUT2D eigenvalue weighted by Gasteiger charge is 2.24. The highest BCUT2D eigenvalue weighted by molar-refractivity contribution is 5.91. The van der Waals surface area contributed by atoms with Crippen LogP contribution in [-0.2, 0) is 16.1 Å². The van der Waals surface area contributed by atoms with Crippen LogP contribution in [0.2, 0.25) is 0 Å². The fourth-order valence-electron chi connectivity index (χ4n) is 4.46. The zero-order valence-corrected chi connectivity index (χ0v) is 17.0. The molecule has 4 atom stereocenters. The van der Waals surface area contributed by atoms with Gasteiger partial charge < -0.3 is 15.4 Å². The molecule has 0 bridgehead atoms. The van der Waals surface area contributed by atoms with Crippen molar-refractivity contribution in [3.8, 4) is 0 Å². The van der Waals surface area contributed by atoms with E-state index in [0.29, 0.717) is 18.3 Å². The lowest BCUT2D eigenvalue weighted by atomic mass is 9.85. The van der Waals surface area contributed by atoms with Crippen molar-refractivity contribution >= 4 is 11.6 Å². The van der Waals surface area contributed by atoms with Crippen molar-refractivity contribution in [3.05, 3.63) is 29.8 Å². The van der Waals surface area contributed by atoms with Gasteiger partial charge in [0, 0.05) is 31.7 Å². The highest BCUT2D eigenvalue weighted by atomic mass is 16.5. The van der Waals surface area contributed by atoms with Crippen molar-refractivity contribution in [1.82, 2.24) is 10.2 Å². The lowest BCUT2D eigenvalue weighted by Gasteiger charge is -2.35. The minimum atomic E-state index is 0.129. The number of nitrogens with zero attached hydrogens (tertiary/aromatic N) is 1. The average Bonchev–Trinajstić information content (AvgIpc) is 2.63. The molecule has 150 valence electrons. The second-order valence-electron chi connectivity index (χ2n) is 8.44. The summed E-state index contributed by atoms with van der Waals surface area (Å²) >= 11 is 0. The Kier molecular flexibility index (Phi) is 7.27. The summed E-state index contributed by atoms with van der Waals surface area (Å²) in [6, 6.07) is 8.19. The number of hydrogen-bond donors (Lipinski definition) is 2. The van der Waals surface area contributed by atoms with Crippen molar-refractivity contribution in [1.29, 1.82) is 0 Å². The number of piperidine rings is 1. The summed E-state index contributed by atoms with van der Waals surface area (Å²) in [5.74, 6) is 1.14. The largest absolute Gasteiger partial charge is 0.373 e. The van der Waals surface area contributed by atoms with Crippen molar-refractivity contribution in [2.75, 3.05) is 31.5 Å². The molecule has 4 unspecified atom stereocenters. The molecule has 2 aliphatic rings. The first-order valence-electron chi connectivity index (χ1n) is 10.5. The molecule has 27 heavy (non-hydrogen) atoms. The molecule has 0 spiro atoms. The van der Waals surface area contributed by atoms with E-state index in [1.54, 1.807) is 0 Å². The van der Waals surface area contributed by atoms with Gasteiger partial charge in [0.25, 0.3) is 0 Å². The number of ether oxygens (including phenoxy) is 1. The van der Waals surface area contributed by atoms with E-state index in [0.717, 1.165) is 38.4 Å². The third-order valence-corrected chi connectivity index (χ3v) is 5.83. The van der Waals surface area contributed by atoms with Crippen molar-refractivity contribution in [2.24, 2.45) is 11.8 Å². The van der Waals surface area contributed by atoms with Gasteiger partial charge in [0.15, 0.2) is 0 Å². The summed E-state index contributed by atoms with van der Waals surface area (Å²) < 4.78 is 5.83. The topological polar surface area (TPSA) is 53.6 Å². The third-order valence-electron chi connectivity index (χ3n) is 5.83. The van der Waals surface area contributed by atoms with Gasteiger partial charge in [-0.1, -0.05) is 25.1 Å². The molecule has 0 radical (unpaired) electrons. The minimum Gasteiger partial charge on any atom is -0.373 e. The first-order chi connectivity index (χ1) is 13.0. The number of morpholine rings is 1. The van der Waals surface area contributed by atoms with Gasteiger partial charge in [0.1, 0.15) is 0 Å². The van der Waals surface area contributed by atoms with Gasteiger partial charge in [0.05, 0.1) is 12.2 Å². The number of para-hydroxylation sites is 1. The zero-order valence-electron chi connectivity index (χ0n) is 17.0. The minimum absolute atomic E-state index is 0.129. The van der Waals surface area contributed by atoms with Crippen LogP contribution < -0.4 is 10.6 Å². The van der Waals surface area contributed by atoms with E-state index in [1.165, 1.54) is 18.4 Å². The van der Waals surface area contributed by atoms with Crippen LogP contribution >= 0.6 is 0 Å². The summed E-state index contributed by atoms with van der Waals surface area (Å²) in [5.41, 5.74) is 2.13. The average molecular weight is 374 g/mol. The third kappa shape index (κ3) is 6.03. The molecule has 0 saturated carbocycles. The maximum atomic E-state index is 12.6. The number of hydrogen-bond acceptors (Lipinski definition) is 4. The normalized spacial score (nSPS) is 27.9. The maximum Gasteiger partial charge on any atom is 0.224 e. The first kappa shape index (κ1) is 20.3. The number of rotatable bonds is 6. The van der Waals surface area contributed by atoms with Gasteiger partial charge in [-0.3, -0.25) is 9.69 Å². The number of nitrogens with one attached hydrogen (secondary N) is 2. The number of anilines is 1. The smallest absolute Gasteiger partial charge is 0.224 e. The van der Waals surface area contributed by atoms with Crippen LogP contribution in [-0.4, -0.2) is 49.2 Å². The van der Waals surface area contributed by atoms with Crippen LogP contribution in [0.3, 0.4) is 0 Å². The Morgan fingerprint density at radius 3 is 2.74 bits per heavy atom. The number of carbonyl (C=O) groups is 1. The number of benzene rings is 1. The quantitative estimate of drug-likeness (QED) is 0.804. The van der Waals surface area contributed by atoms with Crippen molar-refractivity contribution in [2.45, 2.75) is 58.8 Å². The Balaban J connectivity index is 1.57. The Labute approximate surface area is 163 Å². The van der Waals surface area contributed by atoms with Crippen molar-refractivity contribution < 1.29 is 9.53 Å². The molecular formula is C22H35N3O2. The predicted molar refractivity (Wildman–Crippen MR) is 110 cm³/mol. The molecule has 1 amide bonds. The van der Waals surface area contributed by atoms with E-state index >= 15 is 0 Å². The molecule has 5 heteroatoms. The van der Waals surface area contributed by atoms with E-state index in [-0.39, 0.29) is 18.1 Å². The fourth-order valence-corrected chi connectivity index (χ4v) is 4.46. The van der Waals surface area contributed by atoms with Crippen LogP contribution in [0.25, 0.3) is 0 Å². The van der Waals surface area contributed by atoms with E-state index < -0.39 is 0 Å². The van der Waals surface area contributed by atoms with Crippen LogP contribution in [0.4, 0.5) is 5.69 Å². The summed E-state index contributed by atoms with van der Waals surface area (Å²) in [7, 11) is 0. The van der Waals surface area contributed by atoms with E-state index in [1.807, 2.05) is 12.1 Å². The van der Waals surface area contributed by atoms with Gasteiger partial charge in [0.2, 0.25) is 5.91 Å². The summed E-state index contributed by atoms with van der Waals surface area (Å²) in [4.78, 5) is 15.1. The van der Waals surface area contributed by atoms with Crippen LogP contribution in [0.1, 0.15) is 45.6 Å². The zero-order chi connectivity index (χ0) is 19.2. The fraction of sp³-hybridized carbons (Fsp3) is 0.682. The highest BCUT2D eigenvalue weighted by Crippen LogP contribution is 2.24. The summed E-state index contributed by atoms with van der Waals surface area (Å²) in [5, 5.41) is 6.63. The molecule has 2 saturated heterocycles. The number of carbonyl (C=O) groups excluding carboxylic acids is 1. The van der Waals surface area contributed by atoms with Crippen LogP contribution in [0.15, 0.2) is 24.3 Å². The first-order valence-corrected chi connectivity index (χ1v) is 10.5. The maximum absolute atomic E-state index is 12.6. The molecule has 5 nitrogen and oxygen atoms in total. The SMILES string of the molecule is CC1CN(Cc2ccccc2NC(=O)CC(C)C2CCCNC2)CC(C)O1. The molecule has 1 aromatic carbocycles. The molecule has 0 aliphatic carbocycles. The molecule has 2 aliphatic heterocycles. The Bertz CT molecular complexity index is 605. The molecule has 2 heterocycles. The second-order valence-corrected chi connectivity index (χ2v) is 8.44. The summed E-state index contributed by atoms with van der Waals surface area (Å²) in [6.07, 6.45) is 3.54. The van der Waals surface area contributed by atoms with E-state index in [2.05, 4.69) is 48.4 Å². The number of amides is 1. The van der Waals surface area contributed by atoms with Gasteiger partial charge in [-0.25, -0.2) is 0 Å². The Morgan fingerprint density at radius 1 is 1.30 bits per heavy atom. The monoisotopic (exact) mass is 373 g/mol. The van der Waals surface area contributed by atoms with Gasteiger partial charge >= 0.3 is 0 Å². The van der Waals surface area contributed by atoms with Crippen molar-refractivity contribution in [3.63, 3.8) is 0 Å². The van der Waals surface area contributed by atoms with Gasteiger partial charge in [-0.2, -0.15) is 0 Å². The van der Waals surface area contributed by atoms with E-state index in [4.69, 9.17) is 4.74 Å². The molecule has 0 aromatic heterocycles. The Hall–Kier alpha value is -1.43. The summed E-state index contributed by atoms with van der Waals surface area (Å²) in [6.45, 7) is 11.3. The van der Waals surface area contributed by atoms with Crippen LogP contribution in [0.5, 0.6) is 0 Å². The Morgan fingerprint density at radius 2 is 2.04 bits per heavy atom. The van der Waals surface area contributed by atoms with Crippen LogP contribution in [0, 0.1) is 11.8 Å².